The fraction of sp³-hybridized carbons (Fsp3) is 0.423. The van der Waals surface area contributed by atoms with Crippen LogP contribution in [0.25, 0.3) is 5.78 Å². The highest BCUT2D eigenvalue weighted by atomic mass is 32.2. The molecule has 6 rings (SSSR count). The quantitative estimate of drug-likeness (QED) is 0.341. The van der Waals surface area contributed by atoms with Gasteiger partial charge in [0.2, 0.25) is 11.7 Å². The van der Waals surface area contributed by atoms with Crippen LogP contribution in [0.1, 0.15) is 51.5 Å². The fourth-order valence-electron chi connectivity index (χ4n) is 5.18. The Bertz CT molecular complexity index is 1760. The van der Waals surface area contributed by atoms with Gasteiger partial charge in [-0.2, -0.15) is 22.5 Å². The van der Waals surface area contributed by atoms with Gasteiger partial charge in [0.1, 0.15) is 11.5 Å². The molecular formula is C26H28F3N9O3S. The van der Waals surface area contributed by atoms with Crippen LogP contribution < -0.4 is 10.2 Å². The number of aromatic nitrogens is 6. The van der Waals surface area contributed by atoms with Gasteiger partial charge in [-0.3, -0.25) is 9.20 Å². The summed E-state index contributed by atoms with van der Waals surface area (Å²) < 4.78 is 65.9. The van der Waals surface area contributed by atoms with E-state index in [0.717, 1.165) is 16.7 Å². The number of carbonyl (C=O) groups is 1. The number of nitrogens with one attached hydrogen (secondary N) is 1. The highest BCUT2D eigenvalue weighted by molar-refractivity contribution is 7.89. The molecule has 3 aromatic heterocycles. The lowest BCUT2D eigenvalue weighted by Crippen LogP contribution is -2.45. The molecule has 2 aliphatic rings. The lowest BCUT2D eigenvalue weighted by molar-refractivity contribution is -0.0496. The van der Waals surface area contributed by atoms with Gasteiger partial charge in [-0.15, -0.1) is 5.10 Å². The lowest BCUT2D eigenvalue weighted by atomic mass is 9.91. The van der Waals surface area contributed by atoms with Crippen molar-refractivity contribution in [1.82, 2.24) is 38.8 Å². The Balaban J connectivity index is 1.05. The highest BCUT2D eigenvalue weighted by Gasteiger charge is 2.51. The molecule has 0 radical (unpaired) electrons. The number of aryl methyl sites for hydroxylation is 2. The Morgan fingerprint density at radius 1 is 1.12 bits per heavy atom. The third-order valence-corrected chi connectivity index (χ3v) is 9.12. The van der Waals surface area contributed by atoms with E-state index >= 15 is 0 Å². The number of anilines is 1. The molecule has 1 aromatic carbocycles. The van der Waals surface area contributed by atoms with Crippen molar-refractivity contribution in [2.24, 2.45) is 0 Å². The SMILES string of the molecule is CCc1nc2ncc(C)cn2c1C(=O)NCc1ccc(C2CN(c3nc4n(n3)CCN(S(=O)(=O)C(F)(F)F)C4)C2)cc1. The third-order valence-electron chi connectivity index (χ3n) is 7.55. The average Bonchev–Trinajstić information content (AvgIpc) is 3.51. The van der Waals surface area contributed by atoms with Crippen molar-refractivity contribution in [3.05, 3.63) is 70.6 Å². The van der Waals surface area contributed by atoms with Crippen LogP contribution >= 0.6 is 0 Å². The first-order chi connectivity index (χ1) is 19.9. The standard InChI is InChI=1S/C26H28F3N9O3S/c1-3-20-22(37-12-16(2)10-31-24(37)32-20)23(39)30-11-17-4-6-18(7-5-17)19-13-35(14-19)25-33-21-15-36(8-9-38(21)34-25)42(40,41)26(27,28)29/h4-7,10,12,19H,3,8-9,11,13-15H2,1-2H3,(H,30,39). The van der Waals surface area contributed by atoms with Crippen LogP contribution in [-0.2, 0) is 36.1 Å². The van der Waals surface area contributed by atoms with Crippen molar-refractivity contribution in [2.45, 2.75) is 51.3 Å². The van der Waals surface area contributed by atoms with Crippen LogP contribution in [0.3, 0.4) is 0 Å². The minimum absolute atomic E-state index is 0.000447. The summed E-state index contributed by atoms with van der Waals surface area (Å²) in [5, 5.41) is 7.35. The summed E-state index contributed by atoms with van der Waals surface area (Å²) in [6.45, 7) is 4.64. The van der Waals surface area contributed by atoms with Gasteiger partial charge in [0, 0.05) is 44.5 Å². The normalized spacial score (nSPS) is 16.5. The van der Waals surface area contributed by atoms with Crippen LogP contribution in [0.5, 0.6) is 0 Å². The van der Waals surface area contributed by atoms with Gasteiger partial charge in [-0.05, 0) is 30.0 Å². The second-order valence-electron chi connectivity index (χ2n) is 10.4. The maximum atomic E-state index is 13.1. The van der Waals surface area contributed by atoms with Crippen molar-refractivity contribution in [2.75, 3.05) is 24.5 Å². The summed E-state index contributed by atoms with van der Waals surface area (Å²) in [6, 6.07) is 7.94. The molecular weight excluding hydrogens is 575 g/mol. The van der Waals surface area contributed by atoms with Crippen molar-refractivity contribution < 1.29 is 26.4 Å². The molecule has 1 N–H and O–H groups in total. The number of hydrogen-bond donors (Lipinski definition) is 1. The first kappa shape index (κ1) is 28.1. The second kappa shape index (κ2) is 10.3. The topological polar surface area (TPSA) is 131 Å². The first-order valence-electron chi connectivity index (χ1n) is 13.4. The average molecular weight is 604 g/mol. The van der Waals surface area contributed by atoms with Gasteiger partial charge in [0.15, 0.2) is 0 Å². The molecule has 0 bridgehead atoms. The summed E-state index contributed by atoms with van der Waals surface area (Å²) in [6.07, 6.45) is 4.17. The van der Waals surface area contributed by atoms with Gasteiger partial charge < -0.3 is 10.2 Å². The van der Waals surface area contributed by atoms with Gasteiger partial charge in [0.05, 0.1) is 18.8 Å². The van der Waals surface area contributed by atoms with Gasteiger partial charge >= 0.3 is 15.5 Å². The van der Waals surface area contributed by atoms with Crippen LogP contribution in [0.15, 0.2) is 36.7 Å². The molecule has 4 aromatic rings. The number of sulfonamides is 1. The molecule has 0 saturated carbocycles. The number of benzene rings is 1. The Hall–Kier alpha value is -4.05. The monoisotopic (exact) mass is 603 g/mol. The minimum Gasteiger partial charge on any atom is -0.347 e. The largest absolute Gasteiger partial charge is 0.511 e. The molecule has 12 nitrogen and oxygen atoms in total. The number of fused-ring (bicyclic) bond motifs is 2. The number of amides is 1. The van der Waals surface area contributed by atoms with Crippen LogP contribution in [0.2, 0.25) is 0 Å². The van der Waals surface area contributed by atoms with E-state index in [0.29, 0.717) is 53.5 Å². The zero-order chi connectivity index (χ0) is 29.8. The molecule has 222 valence electrons. The Morgan fingerprint density at radius 3 is 2.55 bits per heavy atom. The number of rotatable bonds is 7. The number of halogens is 3. The van der Waals surface area contributed by atoms with Crippen LogP contribution in [0, 0.1) is 6.92 Å². The number of carbonyl (C=O) groups excluding carboxylic acids is 1. The highest BCUT2D eigenvalue weighted by Crippen LogP contribution is 2.32. The maximum Gasteiger partial charge on any atom is 0.511 e. The molecule has 0 atom stereocenters. The number of imidazole rings is 1. The van der Waals surface area contributed by atoms with Gasteiger partial charge in [-0.25, -0.2) is 23.1 Å². The number of nitrogens with zero attached hydrogens (tertiary/aromatic N) is 8. The first-order valence-corrected chi connectivity index (χ1v) is 14.8. The minimum atomic E-state index is -5.42. The summed E-state index contributed by atoms with van der Waals surface area (Å²) >= 11 is 0. The van der Waals surface area contributed by atoms with E-state index in [1.807, 2.05) is 49.2 Å². The Labute approximate surface area is 239 Å². The third kappa shape index (κ3) is 4.98. The van der Waals surface area contributed by atoms with E-state index in [-0.39, 0.29) is 30.7 Å². The maximum absolute atomic E-state index is 13.1. The van der Waals surface area contributed by atoms with Crippen molar-refractivity contribution in [3.8, 4) is 0 Å². The molecule has 1 saturated heterocycles. The van der Waals surface area contributed by atoms with Crippen molar-refractivity contribution in [3.63, 3.8) is 0 Å². The summed E-state index contributed by atoms with van der Waals surface area (Å²) in [4.78, 5) is 28.1. The van der Waals surface area contributed by atoms with Crippen LogP contribution in [0.4, 0.5) is 19.1 Å². The van der Waals surface area contributed by atoms with Crippen molar-refractivity contribution >= 4 is 27.7 Å². The van der Waals surface area contributed by atoms with E-state index in [1.54, 1.807) is 10.6 Å². The number of alkyl halides is 3. The van der Waals surface area contributed by atoms with Crippen LogP contribution in [-0.4, -0.2) is 72.9 Å². The van der Waals surface area contributed by atoms with E-state index < -0.39 is 22.1 Å². The zero-order valence-corrected chi connectivity index (χ0v) is 23.7. The zero-order valence-electron chi connectivity index (χ0n) is 22.8. The van der Waals surface area contributed by atoms with Crippen molar-refractivity contribution in [1.29, 1.82) is 0 Å². The summed E-state index contributed by atoms with van der Waals surface area (Å²) in [5.74, 6) is 1.03. The predicted molar refractivity (Wildman–Crippen MR) is 145 cm³/mol. The van der Waals surface area contributed by atoms with E-state index in [4.69, 9.17) is 0 Å². The summed E-state index contributed by atoms with van der Waals surface area (Å²) in [5.41, 5.74) is -1.22. The van der Waals surface area contributed by atoms with Gasteiger partial charge in [0.25, 0.3) is 5.91 Å². The Morgan fingerprint density at radius 2 is 1.86 bits per heavy atom. The lowest BCUT2D eigenvalue weighted by Gasteiger charge is -2.38. The molecule has 1 amide bonds. The molecule has 42 heavy (non-hydrogen) atoms. The fourth-order valence-corrected chi connectivity index (χ4v) is 6.08. The molecule has 16 heteroatoms. The van der Waals surface area contributed by atoms with E-state index in [9.17, 15) is 26.4 Å². The smallest absolute Gasteiger partial charge is 0.347 e. The second-order valence-corrected chi connectivity index (χ2v) is 12.4. The Kier molecular flexibility index (Phi) is 6.92. The molecule has 1 fully saturated rings. The molecule has 5 heterocycles. The van der Waals surface area contributed by atoms with E-state index in [2.05, 4.69) is 25.4 Å². The molecule has 2 aliphatic heterocycles. The molecule has 0 unspecified atom stereocenters. The summed E-state index contributed by atoms with van der Waals surface area (Å²) in [7, 11) is -5.42. The predicted octanol–water partition coefficient (Wildman–Crippen LogP) is 2.39. The molecule has 0 spiro atoms. The molecule has 0 aliphatic carbocycles. The van der Waals surface area contributed by atoms with E-state index in [1.165, 1.54) is 4.68 Å². The van der Waals surface area contributed by atoms with Gasteiger partial charge in [-0.1, -0.05) is 31.2 Å². The number of hydrogen-bond acceptors (Lipinski definition) is 8.